The van der Waals surface area contributed by atoms with Crippen molar-refractivity contribution in [3.8, 4) is 0 Å². The van der Waals surface area contributed by atoms with Crippen LogP contribution in [0.2, 0.25) is 0 Å². The Kier molecular flexibility index (Phi) is 3.11. The summed E-state index contributed by atoms with van der Waals surface area (Å²) in [5.41, 5.74) is 1.43. The third-order valence-electron chi connectivity index (χ3n) is 1.88. The lowest BCUT2D eigenvalue weighted by molar-refractivity contribution is 0.460. The maximum Gasteiger partial charge on any atom is 0.326 e. The average Bonchev–Trinajstić information content (AvgIpc) is 2.59. The minimum atomic E-state index is 0. The molecule has 0 aliphatic carbocycles. The van der Waals surface area contributed by atoms with E-state index in [9.17, 15) is 0 Å². The van der Waals surface area contributed by atoms with Gasteiger partial charge < -0.3 is 20.3 Å². The van der Waals surface area contributed by atoms with E-state index in [1.54, 1.807) is 25.2 Å². The number of hydrogen-bond acceptors (Lipinski definition) is 4. The van der Waals surface area contributed by atoms with Crippen molar-refractivity contribution in [3.05, 3.63) is 18.2 Å². The van der Waals surface area contributed by atoms with E-state index in [1.807, 2.05) is 0 Å². The van der Waals surface area contributed by atoms with Gasteiger partial charge in [0.05, 0.1) is 5.39 Å². The second-order valence-electron chi connectivity index (χ2n) is 2.67. The van der Waals surface area contributed by atoms with Gasteiger partial charge in [-0.1, -0.05) is 22.8 Å². The minimum absolute atomic E-state index is 0. The van der Waals surface area contributed by atoms with E-state index < -0.39 is 0 Å². The zero-order chi connectivity index (χ0) is 9.26. The highest BCUT2D eigenvalue weighted by Gasteiger charge is 2.06. The Hall–Kier alpha value is -1.53. The Morgan fingerprint density at radius 3 is 2.93 bits per heavy atom. The monoisotopic (exact) mass is 193 g/mol. The van der Waals surface area contributed by atoms with Crippen LogP contribution < -0.4 is 10.8 Å². The van der Waals surface area contributed by atoms with Gasteiger partial charge in [0, 0.05) is 7.05 Å². The van der Waals surface area contributed by atoms with Crippen LogP contribution in [0.1, 0.15) is 0 Å². The number of rotatable bonds is 2. The molecule has 0 aliphatic rings. The normalized spacial score (nSPS) is 9.57. The van der Waals surface area contributed by atoms with E-state index in [0.717, 1.165) is 18.3 Å². The summed E-state index contributed by atoms with van der Waals surface area (Å²) in [4.78, 5) is 0. The summed E-state index contributed by atoms with van der Waals surface area (Å²) < 4.78 is 5.03. The lowest BCUT2D eigenvalue weighted by atomic mass is 9.88. The van der Waals surface area contributed by atoms with Crippen molar-refractivity contribution in [1.29, 1.82) is 0 Å². The molecule has 2 rings (SSSR count). The molecule has 6 heteroatoms. The maximum absolute atomic E-state index is 8.80. The van der Waals surface area contributed by atoms with Gasteiger partial charge in [-0.3, -0.25) is 0 Å². The Morgan fingerprint density at radius 1 is 1.50 bits per heavy atom. The molecular weight excluding hydrogens is 183 g/mol. The molecule has 4 N–H and O–H groups in total. The zero-order valence-corrected chi connectivity index (χ0v) is 7.61. The van der Waals surface area contributed by atoms with E-state index in [4.69, 9.17) is 9.55 Å². The molecule has 0 aliphatic heterocycles. The number of anilines is 1. The summed E-state index contributed by atoms with van der Waals surface area (Å²) in [5.74, 6) is 0.679. The van der Waals surface area contributed by atoms with Gasteiger partial charge in [0.2, 0.25) is 0 Å². The predicted octanol–water partition coefficient (Wildman–Crippen LogP) is -0.718. The molecule has 1 radical (unpaired) electrons. The van der Waals surface area contributed by atoms with Gasteiger partial charge in [0.15, 0.2) is 11.4 Å². The first-order valence-electron chi connectivity index (χ1n) is 3.90. The zero-order valence-electron chi connectivity index (χ0n) is 7.61. The summed E-state index contributed by atoms with van der Waals surface area (Å²) in [5, 5.41) is 16.4. The molecule has 73 valence electrons. The van der Waals surface area contributed by atoms with E-state index in [2.05, 4.69) is 10.5 Å². The van der Waals surface area contributed by atoms with Crippen molar-refractivity contribution >= 4 is 29.7 Å². The lowest BCUT2D eigenvalue weighted by Gasteiger charge is -1.94. The van der Waals surface area contributed by atoms with Crippen molar-refractivity contribution in [2.75, 3.05) is 12.4 Å². The Balaban J connectivity index is 0.000000980. The topological polar surface area (TPSA) is 89.8 Å². The van der Waals surface area contributed by atoms with Gasteiger partial charge in [-0.25, -0.2) is 0 Å². The lowest BCUT2D eigenvalue weighted by Crippen LogP contribution is -2.12. The SMILES string of the molecule is CNc1noc2ccc([B]O)cc12.O. The van der Waals surface area contributed by atoms with Crippen LogP contribution in [0, 0.1) is 0 Å². The Labute approximate surface area is 81.3 Å². The van der Waals surface area contributed by atoms with Crippen LogP contribution >= 0.6 is 0 Å². The van der Waals surface area contributed by atoms with Gasteiger partial charge in [0.1, 0.15) is 0 Å². The quantitative estimate of drug-likeness (QED) is 0.616. The standard InChI is InChI=1S/C8H8BN2O2.H2O/c1-10-8-6-4-5(9-12)2-3-7(6)13-11-8;/h2-4,12H,1H3,(H,10,11);1H2. The number of aromatic nitrogens is 1. The molecule has 14 heavy (non-hydrogen) atoms. The molecule has 1 aromatic heterocycles. The highest BCUT2D eigenvalue weighted by Crippen LogP contribution is 2.20. The van der Waals surface area contributed by atoms with Crippen molar-refractivity contribution < 1.29 is 15.0 Å². The molecular formula is C8H10BN2O3. The second-order valence-corrected chi connectivity index (χ2v) is 2.67. The fraction of sp³-hybridized carbons (Fsp3) is 0.125. The van der Waals surface area contributed by atoms with Crippen LogP contribution in [0.5, 0.6) is 0 Å². The number of hydrogen-bond donors (Lipinski definition) is 2. The van der Waals surface area contributed by atoms with Gasteiger partial charge in [0.25, 0.3) is 0 Å². The van der Waals surface area contributed by atoms with Gasteiger partial charge >= 0.3 is 7.48 Å². The Bertz CT molecular complexity index is 429. The first-order valence-corrected chi connectivity index (χ1v) is 3.90. The van der Waals surface area contributed by atoms with Crippen molar-refractivity contribution in [3.63, 3.8) is 0 Å². The first-order chi connectivity index (χ1) is 6.35. The molecule has 2 aromatic rings. The van der Waals surface area contributed by atoms with Crippen molar-refractivity contribution in [2.24, 2.45) is 0 Å². The molecule has 1 heterocycles. The molecule has 0 atom stereocenters. The maximum atomic E-state index is 8.80. The summed E-state index contributed by atoms with van der Waals surface area (Å²) in [6.07, 6.45) is 0. The molecule has 0 saturated carbocycles. The fourth-order valence-corrected chi connectivity index (χ4v) is 1.22. The second kappa shape index (κ2) is 4.12. The fourth-order valence-electron chi connectivity index (χ4n) is 1.22. The van der Waals surface area contributed by atoms with Crippen molar-refractivity contribution in [1.82, 2.24) is 5.16 Å². The molecule has 0 bridgehead atoms. The van der Waals surface area contributed by atoms with Crippen LogP contribution in [0.3, 0.4) is 0 Å². The third-order valence-corrected chi connectivity index (χ3v) is 1.88. The van der Waals surface area contributed by atoms with Crippen LogP contribution in [-0.2, 0) is 0 Å². The third kappa shape index (κ3) is 1.57. The van der Waals surface area contributed by atoms with E-state index >= 15 is 0 Å². The van der Waals surface area contributed by atoms with E-state index in [1.165, 1.54) is 0 Å². The summed E-state index contributed by atoms with van der Waals surface area (Å²) in [6.45, 7) is 0. The summed E-state index contributed by atoms with van der Waals surface area (Å²) in [6, 6.07) is 5.33. The van der Waals surface area contributed by atoms with Crippen molar-refractivity contribution in [2.45, 2.75) is 0 Å². The highest BCUT2D eigenvalue weighted by molar-refractivity contribution is 6.46. The summed E-state index contributed by atoms with van der Waals surface area (Å²) >= 11 is 0. The molecule has 0 spiro atoms. The molecule has 1 aromatic carbocycles. The largest absolute Gasteiger partial charge is 0.450 e. The highest BCUT2D eigenvalue weighted by atomic mass is 16.5. The average molecular weight is 193 g/mol. The van der Waals surface area contributed by atoms with Crippen LogP contribution in [0.15, 0.2) is 22.7 Å². The predicted molar refractivity (Wildman–Crippen MR) is 54.8 cm³/mol. The number of fused-ring (bicyclic) bond motifs is 1. The minimum Gasteiger partial charge on any atom is -0.450 e. The molecule has 0 amide bonds. The molecule has 0 saturated heterocycles. The van der Waals surface area contributed by atoms with E-state index in [0.29, 0.717) is 11.4 Å². The Morgan fingerprint density at radius 2 is 2.29 bits per heavy atom. The molecule has 0 fully saturated rings. The van der Waals surface area contributed by atoms with E-state index in [-0.39, 0.29) is 5.48 Å². The first kappa shape index (κ1) is 10.6. The van der Waals surface area contributed by atoms with Crippen LogP contribution in [0.4, 0.5) is 5.82 Å². The molecule has 5 nitrogen and oxygen atoms in total. The number of nitrogens with zero attached hydrogens (tertiary/aromatic N) is 1. The summed E-state index contributed by atoms with van der Waals surface area (Å²) in [7, 11) is 2.82. The smallest absolute Gasteiger partial charge is 0.326 e. The van der Waals surface area contributed by atoms with Gasteiger partial charge in [-0.15, -0.1) is 0 Å². The van der Waals surface area contributed by atoms with Gasteiger partial charge in [-0.05, 0) is 6.07 Å². The van der Waals surface area contributed by atoms with Crippen LogP contribution in [-0.4, -0.2) is 30.2 Å². The van der Waals surface area contributed by atoms with Crippen LogP contribution in [0.25, 0.3) is 11.0 Å². The number of benzene rings is 1. The van der Waals surface area contributed by atoms with Gasteiger partial charge in [-0.2, -0.15) is 0 Å². The number of nitrogens with one attached hydrogen (secondary N) is 1. The molecule has 0 unspecified atom stereocenters.